The molecule has 74 valence electrons. The Labute approximate surface area is 84.0 Å². The van der Waals surface area contributed by atoms with Gasteiger partial charge in [0, 0.05) is 19.5 Å². The predicted octanol–water partition coefficient (Wildman–Crippen LogP) is 1.07. The number of hydrogen-bond donors (Lipinski definition) is 0. The van der Waals surface area contributed by atoms with Gasteiger partial charge in [0.05, 0.1) is 17.5 Å². The summed E-state index contributed by atoms with van der Waals surface area (Å²) in [5.74, 6) is -0.0572. The molecule has 2 unspecified atom stereocenters. The summed E-state index contributed by atoms with van der Waals surface area (Å²) in [6, 6.07) is 0. The van der Waals surface area contributed by atoms with Crippen molar-refractivity contribution in [3.05, 3.63) is 0 Å². The molecule has 0 spiro atoms. The molecule has 0 aromatic carbocycles. The van der Waals surface area contributed by atoms with Gasteiger partial charge in [-0.2, -0.15) is 0 Å². The number of ether oxygens (including phenoxy) is 1. The van der Waals surface area contributed by atoms with Crippen molar-refractivity contribution in [2.75, 3.05) is 20.2 Å². The number of nitrogens with zero attached hydrogens (tertiary/aromatic N) is 1. The summed E-state index contributed by atoms with van der Waals surface area (Å²) in [7, 11) is 1.91. The van der Waals surface area contributed by atoms with Crippen LogP contribution < -0.4 is 0 Å². The highest BCUT2D eigenvalue weighted by molar-refractivity contribution is 7.80. The number of thiocarbonyl (C=S) groups is 1. The maximum absolute atomic E-state index is 11.4. The lowest BCUT2D eigenvalue weighted by atomic mass is 9.98. The number of likely N-dealkylation sites (tertiary alicyclic amines) is 1. The normalized spacial score (nSPS) is 27.9. The Hall–Kier alpha value is -0.640. The number of rotatable bonds is 2. The van der Waals surface area contributed by atoms with E-state index in [1.807, 2.05) is 25.8 Å². The Bertz CT molecular complexity index is 230. The van der Waals surface area contributed by atoms with Crippen LogP contribution in [0.25, 0.3) is 0 Å². The molecular formula is C9H15NO2S. The molecule has 0 radical (unpaired) electrons. The van der Waals surface area contributed by atoms with Crippen LogP contribution in [0.2, 0.25) is 0 Å². The van der Waals surface area contributed by atoms with Crippen LogP contribution in [0.5, 0.6) is 0 Å². The van der Waals surface area contributed by atoms with E-state index in [1.54, 1.807) is 0 Å². The zero-order valence-corrected chi connectivity index (χ0v) is 9.06. The fourth-order valence-corrected chi connectivity index (χ4v) is 1.83. The van der Waals surface area contributed by atoms with Gasteiger partial charge in [-0.1, -0.05) is 19.1 Å². The molecule has 1 saturated heterocycles. The topological polar surface area (TPSA) is 29.5 Å². The molecule has 0 N–H and O–H groups in total. The van der Waals surface area contributed by atoms with E-state index in [1.165, 1.54) is 0 Å². The van der Waals surface area contributed by atoms with Crippen LogP contribution in [-0.4, -0.2) is 36.1 Å². The van der Waals surface area contributed by atoms with Crippen LogP contribution in [0.15, 0.2) is 0 Å². The zero-order valence-electron chi connectivity index (χ0n) is 8.24. The maximum Gasteiger partial charge on any atom is 0.311 e. The molecule has 1 aliphatic rings. The quantitative estimate of drug-likeness (QED) is 0.494. The molecule has 0 amide bonds. The van der Waals surface area contributed by atoms with Gasteiger partial charge in [0.2, 0.25) is 0 Å². The second-order valence-electron chi connectivity index (χ2n) is 3.37. The molecule has 1 heterocycles. The van der Waals surface area contributed by atoms with E-state index in [4.69, 9.17) is 17.0 Å². The Morgan fingerprint density at radius 2 is 2.38 bits per heavy atom. The van der Waals surface area contributed by atoms with Gasteiger partial charge in [0.25, 0.3) is 0 Å². The molecule has 1 fully saturated rings. The Kier molecular flexibility index (Phi) is 3.25. The smallest absolute Gasteiger partial charge is 0.311 e. The van der Waals surface area contributed by atoms with Gasteiger partial charge in [-0.15, -0.1) is 0 Å². The SMILES string of the molecule is CCOC(=O)C1CN(C)C(=S)C1C. The lowest BCUT2D eigenvalue weighted by molar-refractivity contribution is -0.148. The van der Waals surface area contributed by atoms with Crippen molar-refractivity contribution in [3.8, 4) is 0 Å². The van der Waals surface area contributed by atoms with Crippen molar-refractivity contribution in [2.24, 2.45) is 11.8 Å². The minimum atomic E-state index is -0.123. The summed E-state index contributed by atoms with van der Waals surface area (Å²) in [5.41, 5.74) is 0. The van der Waals surface area contributed by atoms with Gasteiger partial charge in [0.15, 0.2) is 0 Å². The average Bonchev–Trinajstić information content (AvgIpc) is 2.33. The largest absolute Gasteiger partial charge is 0.466 e. The molecule has 13 heavy (non-hydrogen) atoms. The van der Waals surface area contributed by atoms with Gasteiger partial charge in [-0.3, -0.25) is 4.79 Å². The first-order valence-electron chi connectivity index (χ1n) is 4.49. The molecule has 0 bridgehead atoms. The maximum atomic E-state index is 11.4. The number of carbonyl (C=O) groups is 1. The average molecular weight is 201 g/mol. The second kappa shape index (κ2) is 4.05. The first-order valence-corrected chi connectivity index (χ1v) is 4.90. The summed E-state index contributed by atoms with van der Waals surface area (Å²) < 4.78 is 4.97. The third kappa shape index (κ3) is 1.99. The summed E-state index contributed by atoms with van der Waals surface area (Å²) >= 11 is 5.16. The monoisotopic (exact) mass is 201 g/mol. The summed E-state index contributed by atoms with van der Waals surface area (Å²) in [4.78, 5) is 14.2. The van der Waals surface area contributed by atoms with E-state index in [0.29, 0.717) is 13.2 Å². The summed E-state index contributed by atoms with van der Waals surface area (Å²) in [6.07, 6.45) is 0. The highest BCUT2D eigenvalue weighted by atomic mass is 32.1. The van der Waals surface area contributed by atoms with Crippen LogP contribution in [0, 0.1) is 11.8 Å². The van der Waals surface area contributed by atoms with Crippen LogP contribution in [0.4, 0.5) is 0 Å². The van der Waals surface area contributed by atoms with Crippen molar-refractivity contribution in [2.45, 2.75) is 13.8 Å². The van der Waals surface area contributed by atoms with Gasteiger partial charge in [0.1, 0.15) is 0 Å². The van der Waals surface area contributed by atoms with Crippen LogP contribution >= 0.6 is 12.2 Å². The van der Waals surface area contributed by atoms with Gasteiger partial charge >= 0.3 is 5.97 Å². The van der Waals surface area contributed by atoms with Crippen LogP contribution in [0.3, 0.4) is 0 Å². The van der Waals surface area contributed by atoms with E-state index < -0.39 is 0 Å². The van der Waals surface area contributed by atoms with Gasteiger partial charge in [-0.25, -0.2) is 0 Å². The molecule has 1 aliphatic heterocycles. The van der Waals surface area contributed by atoms with Crippen molar-refractivity contribution in [1.82, 2.24) is 4.90 Å². The van der Waals surface area contributed by atoms with Gasteiger partial charge in [-0.05, 0) is 6.92 Å². The van der Waals surface area contributed by atoms with Crippen molar-refractivity contribution in [3.63, 3.8) is 0 Å². The number of hydrogen-bond acceptors (Lipinski definition) is 3. The van der Waals surface area contributed by atoms with Crippen molar-refractivity contribution >= 4 is 23.2 Å². The van der Waals surface area contributed by atoms with Crippen molar-refractivity contribution in [1.29, 1.82) is 0 Å². The molecule has 3 nitrogen and oxygen atoms in total. The Morgan fingerprint density at radius 1 is 1.77 bits per heavy atom. The third-order valence-electron chi connectivity index (χ3n) is 2.43. The van der Waals surface area contributed by atoms with Crippen LogP contribution in [-0.2, 0) is 9.53 Å². The lowest BCUT2D eigenvalue weighted by Gasteiger charge is -2.11. The predicted molar refractivity (Wildman–Crippen MR) is 54.5 cm³/mol. The molecule has 0 saturated carbocycles. The molecule has 0 aromatic rings. The molecule has 1 rings (SSSR count). The Balaban J connectivity index is 2.63. The van der Waals surface area contributed by atoms with E-state index >= 15 is 0 Å². The highest BCUT2D eigenvalue weighted by Gasteiger charge is 2.37. The second-order valence-corrected chi connectivity index (χ2v) is 3.78. The molecule has 2 atom stereocenters. The Morgan fingerprint density at radius 3 is 2.77 bits per heavy atom. The van der Waals surface area contributed by atoms with E-state index in [0.717, 1.165) is 4.99 Å². The van der Waals surface area contributed by atoms with Crippen molar-refractivity contribution < 1.29 is 9.53 Å². The third-order valence-corrected chi connectivity index (χ3v) is 3.11. The molecule has 0 aromatic heterocycles. The summed E-state index contributed by atoms with van der Waals surface area (Å²) in [6.45, 7) is 4.93. The van der Waals surface area contributed by atoms with E-state index in [2.05, 4.69) is 0 Å². The first-order chi connectivity index (χ1) is 6.07. The minimum absolute atomic E-state index is 0.0718. The fourth-order valence-electron chi connectivity index (χ4n) is 1.59. The lowest BCUT2D eigenvalue weighted by Crippen LogP contribution is -2.24. The first kappa shape index (κ1) is 10.4. The standard InChI is InChI=1S/C9H15NO2S/c1-4-12-9(11)7-5-10(3)8(13)6(7)2/h6-7H,4-5H2,1-3H3. The van der Waals surface area contributed by atoms with Crippen LogP contribution in [0.1, 0.15) is 13.8 Å². The van der Waals surface area contributed by atoms with E-state index in [9.17, 15) is 4.79 Å². The number of carbonyl (C=O) groups excluding carboxylic acids is 1. The zero-order chi connectivity index (χ0) is 10.0. The molecule has 4 heteroatoms. The number of esters is 1. The molecular weight excluding hydrogens is 186 g/mol. The van der Waals surface area contributed by atoms with E-state index in [-0.39, 0.29) is 17.8 Å². The fraction of sp³-hybridized carbons (Fsp3) is 0.778. The minimum Gasteiger partial charge on any atom is -0.466 e. The summed E-state index contributed by atoms with van der Waals surface area (Å²) in [5, 5.41) is 0. The van der Waals surface area contributed by atoms with Gasteiger partial charge < -0.3 is 9.64 Å². The highest BCUT2D eigenvalue weighted by Crippen LogP contribution is 2.25. The molecule has 0 aliphatic carbocycles.